The molecule has 1 aromatic carbocycles. The molecular weight excluding hydrogens is 261 g/mol. The third-order valence-corrected chi connectivity index (χ3v) is 2.33. The van der Waals surface area contributed by atoms with Gasteiger partial charge in [0.05, 0.1) is 7.11 Å². The van der Waals surface area contributed by atoms with Crippen molar-refractivity contribution in [1.29, 1.82) is 0 Å². The van der Waals surface area contributed by atoms with E-state index in [1.165, 1.54) is 7.11 Å². The van der Waals surface area contributed by atoms with Gasteiger partial charge < -0.3 is 15.6 Å². The Morgan fingerprint density at radius 2 is 1.78 bits per heavy atom. The number of alkyl halides is 5. The molecule has 1 aromatic rings. The highest BCUT2D eigenvalue weighted by molar-refractivity contribution is 5.43. The Hall–Kier alpha value is -1.57. The minimum atomic E-state index is -5.76. The first kappa shape index (κ1) is 14.5. The monoisotopic (exact) mass is 271 g/mol. The first-order chi connectivity index (χ1) is 8.11. The van der Waals surface area contributed by atoms with E-state index < -0.39 is 29.5 Å². The van der Waals surface area contributed by atoms with Crippen molar-refractivity contribution in [3.8, 4) is 11.5 Å². The van der Waals surface area contributed by atoms with E-state index in [4.69, 9.17) is 5.73 Å². The molecule has 1 atom stereocenters. The Bertz CT molecular complexity index is 433. The van der Waals surface area contributed by atoms with Crippen LogP contribution in [0, 0.1) is 0 Å². The smallest absolute Gasteiger partial charge is 0.455 e. The van der Waals surface area contributed by atoms with Crippen LogP contribution in [0.3, 0.4) is 0 Å². The van der Waals surface area contributed by atoms with Crippen molar-refractivity contribution in [3.05, 3.63) is 23.8 Å². The number of benzene rings is 1. The summed E-state index contributed by atoms with van der Waals surface area (Å²) in [6.45, 7) is 0. The maximum Gasteiger partial charge on any atom is 0.455 e. The van der Waals surface area contributed by atoms with Crippen molar-refractivity contribution >= 4 is 0 Å². The standard InChI is InChI=1S/C10H10F5NO2/c1-18-7-3-2-5(4-6(7)17)8(16)9(11,12)10(13,14)15/h2-4,8,17H,16H2,1H3/t8-/m0/s1. The molecule has 0 saturated heterocycles. The van der Waals surface area contributed by atoms with Crippen molar-refractivity contribution in [1.82, 2.24) is 0 Å². The number of phenols is 1. The van der Waals surface area contributed by atoms with Crippen LogP contribution < -0.4 is 10.5 Å². The van der Waals surface area contributed by atoms with Crippen LogP contribution >= 0.6 is 0 Å². The largest absolute Gasteiger partial charge is 0.504 e. The van der Waals surface area contributed by atoms with Gasteiger partial charge in [-0.2, -0.15) is 22.0 Å². The summed E-state index contributed by atoms with van der Waals surface area (Å²) in [6.07, 6.45) is -5.76. The lowest BCUT2D eigenvalue weighted by Gasteiger charge is -2.26. The van der Waals surface area contributed by atoms with Gasteiger partial charge in [-0.25, -0.2) is 0 Å². The summed E-state index contributed by atoms with van der Waals surface area (Å²) in [5, 5.41) is 9.30. The molecule has 0 unspecified atom stereocenters. The lowest BCUT2D eigenvalue weighted by atomic mass is 10.0. The van der Waals surface area contributed by atoms with Crippen LogP contribution in [0.2, 0.25) is 0 Å². The quantitative estimate of drug-likeness (QED) is 0.831. The fourth-order valence-electron chi connectivity index (χ4n) is 1.29. The van der Waals surface area contributed by atoms with Gasteiger partial charge in [0.25, 0.3) is 0 Å². The Morgan fingerprint density at radius 3 is 2.17 bits per heavy atom. The highest BCUT2D eigenvalue weighted by atomic mass is 19.4. The van der Waals surface area contributed by atoms with E-state index in [1.807, 2.05) is 0 Å². The van der Waals surface area contributed by atoms with Crippen molar-refractivity contribution < 1.29 is 31.8 Å². The minimum absolute atomic E-state index is 0.0544. The van der Waals surface area contributed by atoms with Crippen molar-refractivity contribution in [2.24, 2.45) is 5.73 Å². The predicted octanol–water partition coefficient (Wildman–Crippen LogP) is 2.60. The summed E-state index contributed by atoms with van der Waals surface area (Å²) in [6, 6.07) is 0.0949. The SMILES string of the molecule is COc1ccc([C@H](N)C(F)(F)C(F)(F)F)cc1O. The molecule has 0 spiro atoms. The molecule has 0 aromatic heterocycles. The second-order valence-corrected chi connectivity index (χ2v) is 3.53. The molecule has 0 heterocycles. The molecule has 0 fully saturated rings. The molecule has 0 aliphatic heterocycles. The predicted molar refractivity (Wildman–Crippen MR) is 52.6 cm³/mol. The van der Waals surface area contributed by atoms with Gasteiger partial charge >= 0.3 is 12.1 Å². The Morgan fingerprint density at radius 1 is 1.22 bits per heavy atom. The number of nitrogens with two attached hydrogens (primary N) is 1. The number of hydrogen-bond donors (Lipinski definition) is 2. The summed E-state index contributed by atoms with van der Waals surface area (Å²) in [4.78, 5) is 0. The average Bonchev–Trinajstić information content (AvgIpc) is 2.26. The molecule has 0 aliphatic carbocycles. The lowest BCUT2D eigenvalue weighted by molar-refractivity contribution is -0.291. The number of halogens is 5. The van der Waals surface area contributed by atoms with Crippen molar-refractivity contribution in [3.63, 3.8) is 0 Å². The van der Waals surface area contributed by atoms with E-state index in [0.29, 0.717) is 6.07 Å². The summed E-state index contributed by atoms with van der Waals surface area (Å²) < 4.78 is 66.8. The van der Waals surface area contributed by atoms with E-state index in [2.05, 4.69) is 4.74 Å². The van der Waals surface area contributed by atoms with Crippen LogP contribution in [0.15, 0.2) is 18.2 Å². The number of aromatic hydroxyl groups is 1. The van der Waals surface area contributed by atoms with Crippen molar-refractivity contribution in [2.75, 3.05) is 7.11 Å². The number of ether oxygens (including phenoxy) is 1. The zero-order valence-corrected chi connectivity index (χ0v) is 9.13. The highest BCUT2D eigenvalue weighted by Crippen LogP contribution is 2.44. The summed E-state index contributed by atoms with van der Waals surface area (Å²) in [5.41, 5.74) is 4.35. The van der Waals surface area contributed by atoms with Crippen LogP contribution in [-0.2, 0) is 0 Å². The van der Waals surface area contributed by atoms with Crippen LogP contribution in [0.4, 0.5) is 22.0 Å². The fourth-order valence-corrected chi connectivity index (χ4v) is 1.29. The fraction of sp³-hybridized carbons (Fsp3) is 0.400. The normalized spacial score (nSPS) is 14.4. The average molecular weight is 271 g/mol. The van der Waals surface area contributed by atoms with Crippen LogP contribution in [0.5, 0.6) is 11.5 Å². The number of phenolic OH excluding ortho intramolecular Hbond substituents is 1. The van der Waals surface area contributed by atoms with Crippen LogP contribution in [0.25, 0.3) is 0 Å². The van der Waals surface area contributed by atoms with E-state index in [9.17, 15) is 27.1 Å². The Balaban J connectivity index is 3.12. The number of rotatable bonds is 3. The molecule has 0 amide bonds. The molecule has 0 bridgehead atoms. The number of methoxy groups -OCH3 is 1. The maximum atomic E-state index is 13.0. The topological polar surface area (TPSA) is 55.5 Å². The van der Waals surface area contributed by atoms with Gasteiger partial charge in [0.15, 0.2) is 11.5 Å². The Kier molecular flexibility index (Phi) is 3.70. The lowest BCUT2D eigenvalue weighted by Crippen LogP contribution is -2.45. The summed E-state index contributed by atoms with van der Waals surface area (Å²) in [5.74, 6) is -5.71. The van der Waals surface area contributed by atoms with E-state index >= 15 is 0 Å². The molecule has 3 nitrogen and oxygen atoms in total. The molecular formula is C10H10F5NO2. The third-order valence-electron chi connectivity index (χ3n) is 2.33. The minimum Gasteiger partial charge on any atom is -0.504 e. The van der Waals surface area contributed by atoms with Gasteiger partial charge in [0.2, 0.25) is 0 Å². The second kappa shape index (κ2) is 4.60. The molecule has 0 aliphatic rings. The van der Waals surface area contributed by atoms with Gasteiger partial charge in [-0.1, -0.05) is 6.07 Å². The molecule has 0 radical (unpaired) electrons. The Labute approximate surface area is 99.0 Å². The maximum absolute atomic E-state index is 13.0. The van der Waals surface area contributed by atoms with Crippen molar-refractivity contribution in [2.45, 2.75) is 18.1 Å². The summed E-state index contributed by atoms with van der Waals surface area (Å²) >= 11 is 0. The van der Waals surface area contributed by atoms with E-state index in [-0.39, 0.29) is 5.75 Å². The second-order valence-electron chi connectivity index (χ2n) is 3.53. The first-order valence-electron chi connectivity index (χ1n) is 4.68. The summed E-state index contributed by atoms with van der Waals surface area (Å²) in [7, 11) is 1.21. The molecule has 3 N–H and O–H groups in total. The zero-order valence-electron chi connectivity index (χ0n) is 9.13. The molecule has 102 valence electrons. The first-order valence-corrected chi connectivity index (χ1v) is 4.68. The van der Waals surface area contributed by atoms with Crippen LogP contribution in [-0.4, -0.2) is 24.3 Å². The third kappa shape index (κ3) is 2.47. The van der Waals surface area contributed by atoms with E-state index in [0.717, 1.165) is 12.1 Å². The van der Waals surface area contributed by atoms with Gasteiger partial charge in [-0.05, 0) is 17.7 Å². The van der Waals surface area contributed by atoms with Gasteiger partial charge in [0, 0.05) is 0 Å². The molecule has 8 heteroatoms. The van der Waals surface area contributed by atoms with Gasteiger partial charge in [0.1, 0.15) is 6.04 Å². The van der Waals surface area contributed by atoms with E-state index in [1.54, 1.807) is 0 Å². The molecule has 0 saturated carbocycles. The highest BCUT2D eigenvalue weighted by Gasteiger charge is 2.61. The number of hydrogen-bond acceptors (Lipinski definition) is 3. The van der Waals surface area contributed by atoms with Gasteiger partial charge in [-0.3, -0.25) is 0 Å². The zero-order chi connectivity index (χ0) is 14.1. The van der Waals surface area contributed by atoms with Crippen LogP contribution in [0.1, 0.15) is 11.6 Å². The molecule has 18 heavy (non-hydrogen) atoms. The van der Waals surface area contributed by atoms with Gasteiger partial charge in [-0.15, -0.1) is 0 Å². The molecule has 1 rings (SSSR count).